The topological polar surface area (TPSA) is 122 Å². The average Bonchev–Trinajstić information content (AvgIpc) is 3.32. The highest BCUT2D eigenvalue weighted by molar-refractivity contribution is 5.86. The SMILES string of the molecule is Cc1ccc(-c2noc(CCCC(=O)NCC(C)(C)CNC3=C4C=CC=CC4C(=O)N=N3)n2)cc1. The van der Waals surface area contributed by atoms with Crippen LogP contribution in [0.1, 0.15) is 38.1 Å². The lowest BCUT2D eigenvalue weighted by Crippen LogP contribution is -2.40. The summed E-state index contributed by atoms with van der Waals surface area (Å²) >= 11 is 0. The third-order valence-electron chi connectivity index (χ3n) is 5.88. The van der Waals surface area contributed by atoms with Gasteiger partial charge in [-0.15, -0.1) is 10.2 Å². The van der Waals surface area contributed by atoms with Crippen molar-refractivity contribution in [3.8, 4) is 11.4 Å². The van der Waals surface area contributed by atoms with Crippen molar-refractivity contribution in [2.45, 2.75) is 40.0 Å². The summed E-state index contributed by atoms with van der Waals surface area (Å²) in [4.78, 5) is 28.7. The monoisotopic (exact) mass is 474 g/mol. The lowest BCUT2D eigenvalue weighted by Gasteiger charge is -2.27. The average molecular weight is 475 g/mol. The molecule has 1 aromatic heterocycles. The zero-order valence-electron chi connectivity index (χ0n) is 20.2. The number of fused-ring (bicyclic) bond motifs is 1. The maximum Gasteiger partial charge on any atom is 0.276 e. The molecular weight excluding hydrogens is 444 g/mol. The minimum absolute atomic E-state index is 0.0262. The Bertz CT molecular complexity index is 1200. The summed E-state index contributed by atoms with van der Waals surface area (Å²) in [6.45, 7) is 7.19. The third-order valence-corrected chi connectivity index (χ3v) is 5.88. The molecule has 9 heteroatoms. The van der Waals surface area contributed by atoms with Gasteiger partial charge in [-0.05, 0) is 18.8 Å². The molecule has 0 spiro atoms. The van der Waals surface area contributed by atoms with E-state index in [1.54, 1.807) is 0 Å². The molecule has 35 heavy (non-hydrogen) atoms. The lowest BCUT2D eigenvalue weighted by atomic mass is 9.91. The number of azo groups is 1. The second kappa shape index (κ2) is 10.6. The number of aromatic nitrogens is 2. The molecule has 0 saturated carbocycles. The van der Waals surface area contributed by atoms with E-state index in [0.717, 1.165) is 11.1 Å². The van der Waals surface area contributed by atoms with E-state index in [-0.39, 0.29) is 23.1 Å². The zero-order chi connectivity index (χ0) is 24.8. The van der Waals surface area contributed by atoms with Gasteiger partial charge in [0.25, 0.3) is 5.91 Å². The molecule has 2 N–H and O–H groups in total. The molecule has 2 heterocycles. The van der Waals surface area contributed by atoms with Crippen molar-refractivity contribution >= 4 is 11.8 Å². The van der Waals surface area contributed by atoms with Gasteiger partial charge in [-0.3, -0.25) is 9.59 Å². The van der Waals surface area contributed by atoms with Crippen LogP contribution in [-0.2, 0) is 16.0 Å². The number of hydrogen-bond donors (Lipinski definition) is 2. The highest BCUT2D eigenvalue weighted by Crippen LogP contribution is 2.28. The Morgan fingerprint density at radius 3 is 2.71 bits per heavy atom. The first kappa shape index (κ1) is 24.3. The maximum atomic E-state index is 12.4. The number of hydrogen-bond acceptors (Lipinski definition) is 7. The molecule has 0 bridgehead atoms. The van der Waals surface area contributed by atoms with Gasteiger partial charge in [0.05, 0.1) is 5.92 Å². The van der Waals surface area contributed by atoms with Crippen LogP contribution >= 0.6 is 0 Å². The fourth-order valence-corrected chi connectivity index (χ4v) is 3.73. The van der Waals surface area contributed by atoms with Gasteiger partial charge in [-0.25, -0.2) is 0 Å². The molecule has 2 amide bonds. The molecule has 1 aliphatic heterocycles. The maximum absolute atomic E-state index is 12.4. The number of nitrogens with one attached hydrogen (secondary N) is 2. The van der Waals surface area contributed by atoms with Crippen LogP contribution in [0.3, 0.4) is 0 Å². The van der Waals surface area contributed by atoms with Crippen LogP contribution in [0.5, 0.6) is 0 Å². The van der Waals surface area contributed by atoms with Crippen LogP contribution in [0.4, 0.5) is 0 Å². The molecule has 1 aromatic carbocycles. The molecule has 2 aliphatic rings. The fraction of sp³-hybridized carbons (Fsp3) is 0.385. The molecule has 0 radical (unpaired) electrons. The van der Waals surface area contributed by atoms with E-state index in [2.05, 4.69) is 44.9 Å². The smallest absolute Gasteiger partial charge is 0.276 e. The predicted octanol–water partition coefficient (Wildman–Crippen LogP) is 4.05. The van der Waals surface area contributed by atoms with Gasteiger partial charge in [0, 0.05) is 37.1 Å². The lowest BCUT2D eigenvalue weighted by molar-refractivity contribution is -0.122. The van der Waals surface area contributed by atoms with Crippen LogP contribution in [-0.4, -0.2) is 35.0 Å². The molecule has 2 aromatic rings. The Morgan fingerprint density at radius 1 is 1.11 bits per heavy atom. The number of aryl methyl sites for hydroxylation is 2. The Kier molecular flexibility index (Phi) is 7.33. The number of benzene rings is 1. The fourth-order valence-electron chi connectivity index (χ4n) is 3.73. The first-order valence-electron chi connectivity index (χ1n) is 11.8. The van der Waals surface area contributed by atoms with Crippen LogP contribution in [0.15, 0.2) is 74.7 Å². The number of nitrogens with zero attached hydrogens (tertiary/aromatic N) is 4. The summed E-state index contributed by atoms with van der Waals surface area (Å²) < 4.78 is 5.33. The van der Waals surface area contributed by atoms with Crippen LogP contribution in [0.2, 0.25) is 0 Å². The van der Waals surface area contributed by atoms with E-state index in [9.17, 15) is 9.59 Å². The van der Waals surface area contributed by atoms with E-state index < -0.39 is 0 Å². The molecular formula is C26H30N6O3. The Hall–Kier alpha value is -3.88. The van der Waals surface area contributed by atoms with Crippen LogP contribution in [0.25, 0.3) is 11.4 Å². The van der Waals surface area contributed by atoms with Gasteiger partial charge >= 0.3 is 0 Å². The van der Waals surface area contributed by atoms with Gasteiger partial charge in [0.15, 0.2) is 5.82 Å². The Labute approximate surface area is 204 Å². The number of carbonyl (C=O) groups is 2. The molecule has 182 valence electrons. The molecule has 0 saturated heterocycles. The number of carbonyl (C=O) groups excluding carboxylic acids is 2. The molecule has 1 aliphatic carbocycles. The predicted molar refractivity (Wildman–Crippen MR) is 131 cm³/mol. The summed E-state index contributed by atoms with van der Waals surface area (Å²) in [5, 5.41) is 18.1. The highest BCUT2D eigenvalue weighted by Gasteiger charge is 2.28. The normalized spacial score (nSPS) is 17.0. The molecule has 1 unspecified atom stereocenters. The van der Waals surface area contributed by atoms with Crippen LogP contribution in [0, 0.1) is 18.3 Å². The third kappa shape index (κ3) is 6.38. The van der Waals surface area contributed by atoms with Crippen molar-refractivity contribution in [3.05, 3.63) is 71.4 Å². The van der Waals surface area contributed by atoms with Gasteiger partial charge in [0.2, 0.25) is 17.6 Å². The van der Waals surface area contributed by atoms with Gasteiger partial charge in [-0.2, -0.15) is 4.98 Å². The minimum atomic E-state index is -0.380. The number of amides is 2. The van der Waals surface area contributed by atoms with Crippen LogP contribution < -0.4 is 10.6 Å². The second-order valence-corrected chi connectivity index (χ2v) is 9.59. The molecule has 1 atom stereocenters. The number of rotatable bonds is 10. The quantitative estimate of drug-likeness (QED) is 0.536. The Balaban J connectivity index is 1.20. The number of allylic oxidation sites excluding steroid dienone is 3. The molecule has 0 fully saturated rings. The largest absolute Gasteiger partial charge is 0.368 e. The van der Waals surface area contributed by atoms with Gasteiger partial charge in [0.1, 0.15) is 0 Å². The minimum Gasteiger partial charge on any atom is -0.368 e. The summed E-state index contributed by atoms with van der Waals surface area (Å²) in [6, 6.07) is 7.93. The van der Waals surface area contributed by atoms with Gasteiger partial charge in [-0.1, -0.05) is 73.1 Å². The van der Waals surface area contributed by atoms with Crippen molar-refractivity contribution in [2.75, 3.05) is 13.1 Å². The summed E-state index contributed by atoms with van der Waals surface area (Å²) in [6.07, 6.45) is 8.95. The first-order chi connectivity index (χ1) is 16.8. The Morgan fingerprint density at radius 2 is 1.91 bits per heavy atom. The van der Waals surface area contributed by atoms with E-state index in [0.29, 0.717) is 49.9 Å². The summed E-state index contributed by atoms with van der Waals surface area (Å²) in [7, 11) is 0. The van der Waals surface area contributed by atoms with E-state index in [1.807, 2.05) is 55.5 Å². The first-order valence-corrected chi connectivity index (χ1v) is 11.8. The van der Waals surface area contributed by atoms with Gasteiger partial charge < -0.3 is 15.2 Å². The second-order valence-electron chi connectivity index (χ2n) is 9.59. The highest BCUT2D eigenvalue weighted by atomic mass is 16.5. The van der Waals surface area contributed by atoms with Crippen molar-refractivity contribution in [1.29, 1.82) is 0 Å². The van der Waals surface area contributed by atoms with Crippen molar-refractivity contribution in [2.24, 2.45) is 21.6 Å². The van der Waals surface area contributed by atoms with Crippen molar-refractivity contribution in [1.82, 2.24) is 20.8 Å². The summed E-state index contributed by atoms with van der Waals surface area (Å²) in [5.41, 5.74) is 2.66. The van der Waals surface area contributed by atoms with E-state index >= 15 is 0 Å². The zero-order valence-corrected chi connectivity index (χ0v) is 20.2. The van der Waals surface area contributed by atoms with E-state index in [1.165, 1.54) is 5.56 Å². The van der Waals surface area contributed by atoms with Crippen molar-refractivity contribution in [3.63, 3.8) is 0 Å². The summed E-state index contributed by atoms with van der Waals surface area (Å²) in [5.74, 6) is 1.01. The van der Waals surface area contributed by atoms with Crippen molar-refractivity contribution < 1.29 is 14.1 Å². The molecule has 9 nitrogen and oxygen atoms in total. The molecule has 4 rings (SSSR count). The standard InChI is InChI=1S/C26H30N6O3/c1-17-11-13-18(14-12-17)23-29-22(35-32-23)10-6-9-21(33)27-15-26(2,3)16-28-24-19-7-4-5-8-20(19)25(34)31-30-24/h4-5,7-8,11-14,20,28H,6,9-10,15-16H2,1-3H3,(H,27,33). The van der Waals surface area contributed by atoms with E-state index in [4.69, 9.17) is 4.52 Å².